The van der Waals surface area contributed by atoms with Crippen molar-refractivity contribution in [2.24, 2.45) is 0 Å². The molecule has 2 rings (SSSR count). The number of aliphatic carboxylic acids is 1. The molecule has 0 aliphatic carbocycles. The Hall–Kier alpha value is -1.47. The van der Waals surface area contributed by atoms with Gasteiger partial charge in [-0.05, 0) is 22.0 Å². The molecule has 0 saturated carbocycles. The Morgan fingerprint density at radius 1 is 1.44 bits per heavy atom. The first-order chi connectivity index (χ1) is 8.49. The molecule has 1 aliphatic rings. The van der Waals surface area contributed by atoms with Crippen LogP contribution in [0.2, 0.25) is 0 Å². The molecule has 96 valence electrons. The first-order valence-electron chi connectivity index (χ1n) is 5.31. The van der Waals surface area contributed by atoms with Gasteiger partial charge in [0.25, 0.3) is 5.91 Å². The SMILES string of the molecule is O=C(O)[C@@H]1C[C@H](O)CN1C(=O)c1cncc(Br)c1. The minimum Gasteiger partial charge on any atom is -0.480 e. The van der Waals surface area contributed by atoms with Gasteiger partial charge in [-0.3, -0.25) is 9.78 Å². The second-order valence-electron chi connectivity index (χ2n) is 4.09. The summed E-state index contributed by atoms with van der Waals surface area (Å²) in [5.41, 5.74) is 0.296. The summed E-state index contributed by atoms with van der Waals surface area (Å²) in [4.78, 5) is 28.2. The lowest BCUT2D eigenvalue weighted by Crippen LogP contribution is -2.40. The fourth-order valence-electron chi connectivity index (χ4n) is 1.97. The second kappa shape index (κ2) is 5.03. The monoisotopic (exact) mass is 314 g/mol. The number of β-amino-alcohol motifs (C(OH)–C–C–N with tert-alkyl or cyclic N) is 1. The van der Waals surface area contributed by atoms with E-state index in [1.165, 1.54) is 12.4 Å². The third kappa shape index (κ3) is 2.51. The highest BCUT2D eigenvalue weighted by Crippen LogP contribution is 2.21. The van der Waals surface area contributed by atoms with E-state index in [-0.39, 0.29) is 13.0 Å². The maximum atomic E-state index is 12.2. The van der Waals surface area contributed by atoms with E-state index in [1.54, 1.807) is 6.07 Å². The molecule has 2 N–H and O–H groups in total. The van der Waals surface area contributed by atoms with Crippen LogP contribution in [-0.2, 0) is 4.79 Å². The van der Waals surface area contributed by atoms with Crippen LogP contribution in [-0.4, -0.2) is 50.7 Å². The maximum absolute atomic E-state index is 12.2. The van der Waals surface area contributed by atoms with Crippen LogP contribution in [0.4, 0.5) is 0 Å². The highest BCUT2D eigenvalue weighted by atomic mass is 79.9. The quantitative estimate of drug-likeness (QED) is 0.829. The standard InChI is InChI=1S/C11H11BrN2O4/c12-7-1-6(3-13-4-7)10(16)14-5-8(15)2-9(14)11(17)18/h1,3-4,8-9,15H,2,5H2,(H,17,18)/t8-,9-/m0/s1. The van der Waals surface area contributed by atoms with E-state index in [0.717, 1.165) is 4.90 Å². The van der Waals surface area contributed by atoms with Crippen LogP contribution in [0, 0.1) is 0 Å². The first-order valence-corrected chi connectivity index (χ1v) is 6.10. The lowest BCUT2D eigenvalue weighted by atomic mass is 10.2. The molecule has 2 heterocycles. The topological polar surface area (TPSA) is 90.7 Å². The number of amides is 1. The minimum atomic E-state index is -1.11. The summed E-state index contributed by atoms with van der Waals surface area (Å²) in [7, 11) is 0. The van der Waals surface area contributed by atoms with Gasteiger partial charge in [0.15, 0.2) is 0 Å². The summed E-state index contributed by atoms with van der Waals surface area (Å²) in [5.74, 6) is -1.55. The van der Waals surface area contributed by atoms with E-state index < -0.39 is 24.0 Å². The van der Waals surface area contributed by atoms with E-state index in [4.69, 9.17) is 5.11 Å². The van der Waals surface area contributed by atoms with E-state index in [9.17, 15) is 14.7 Å². The average molecular weight is 315 g/mol. The van der Waals surface area contributed by atoms with E-state index >= 15 is 0 Å². The van der Waals surface area contributed by atoms with Gasteiger partial charge in [0, 0.05) is 29.8 Å². The molecule has 0 bridgehead atoms. The number of aliphatic hydroxyl groups is 1. The van der Waals surface area contributed by atoms with Crippen molar-refractivity contribution in [3.63, 3.8) is 0 Å². The number of pyridine rings is 1. The zero-order valence-corrected chi connectivity index (χ0v) is 10.9. The summed E-state index contributed by atoms with van der Waals surface area (Å²) in [6, 6.07) is 0.588. The average Bonchev–Trinajstić information content (AvgIpc) is 2.70. The molecule has 1 fully saturated rings. The van der Waals surface area contributed by atoms with E-state index in [1.807, 2.05) is 0 Å². The zero-order valence-electron chi connectivity index (χ0n) is 9.28. The normalized spacial score (nSPS) is 23.1. The molecule has 1 aromatic heterocycles. The molecule has 1 aliphatic heterocycles. The molecule has 2 atom stereocenters. The summed E-state index contributed by atoms with van der Waals surface area (Å²) in [6.07, 6.45) is 2.17. The molecule has 0 aromatic carbocycles. The molecule has 7 heteroatoms. The Kier molecular flexibility index (Phi) is 3.63. The van der Waals surface area contributed by atoms with Crippen molar-refractivity contribution < 1.29 is 19.8 Å². The summed E-state index contributed by atoms with van der Waals surface area (Å²) >= 11 is 3.20. The Bertz CT molecular complexity index is 494. The Labute approximate surface area is 111 Å². The number of carbonyl (C=O) groups is 2. The number of carboxylic acids is 1. The van der Waals surface area contributed by atoms with Crippen molar-refractivity contribution in [3.8, 4) is 0 Å². The lowest BCUT2D eigenvalue weighted by molar-refractivity contribution is -0.141. The van der Waals surface area contributed by atoms with Gasteiger partial charge in [-0.25, -0.2) is 4.79 Å². The number of carbonyl (C=O) groups excluding carboxylic acids is 1. The predicted octanol–water partition coefficient (Wildman–Crippen LogP) is 0.504. The summed E-state index contributed by atoms with van der Waals surface area (Å²) in [6.45, 7) is 0.0301. The fraction of sp³-hybridized carbons (Fsp3) is 0.364. The van der Waals surface area contributed by atoms with Gasteiger partial charge in [-0.2, -0.15) is 0 Å². The van der Waals surface area contributed by atoms with Crippen molar-refractivity contribution in [1.29, 1.82) is 0 Å². The van der Waals surface area contributed by atoms with Crippen LogP contribution in [0.3, 0.4) is 0 Å². The summed E-state index contributed by atoms with van der Waals surface area (Å²) < 4.78 is 0.639. The number of likely N-dealkylation sites (tertiary alicyclic amines) is 1. The number of hydrogen-bond donors (Lipinski definition) is 2. The third-order valence-corrected chi connectivity index (χ3v) is 3.21. The van der Waals surface area contributed by atoms with Crippen LogP contribution in [0.1, 0.15) is 16.8 Å². The lowest BCUT2D eigenvalue weighted by Gasteiger charge is -2.20. The van der Waals surface area contributed by atoms with Crippen LogP contribution >= 0.6 is 15.9 Å². The molecule has 0 unspecified atom stereocenters. The molecule has 1 amide bonds. The molecular formula is C11H11BrN2O4. The number of aromatic nitrogens is 1. The third-order valence-electron chi connectivity index (χ3n) is 2.78. The van der Waals surface area contributed by atoms with Gasteiger partial charge in [0.2, 0.25) is 0 Å². The Morgan fingerprint density at radius 3 is 2.78 bits per heavy atom. The predicted molar refractivity (Wildman–Crippen MR) is 65.0 cm³/mol. The van der Waals surface area contributed by atoms with Gasteiger partial charge >= 0.3 is 5.97 Å². The highest BCUT2D eigenvalue weighted by molar-refractivity contribution is 9.10. The number of nitrogens with zero attached hydrogens (tertiary/aromatic N) is 2. The van der Waals surface area contributed by atoms with Crippen molar-refractivity contribution in [2.75, 3.05) is 6.54 Å². The van der Waals surface area contributed by atoms with Crippen LogP contribution in [0.15, 0.2) is 22.9 Å². The van der Waals surface area contributed by atoms with Crippen LogP contribution in [0.25, 0.3) is 0 Å². The second-order valence-corrected chi connectivity index (χ2v) is 5.01. The number of rotatable bonds is 2. The number of aliphatic hydroxyl groups excluding tert-OH is 1. The Balaban J connectivity index is 2.25. The molecular weight excluding hydrogens is 304 g/mol. The van der Waals surface area contributed by atoms with Gasteiger partial charge in [-0.1, -0.05) is 0 Å². The van der Waals surface area contributed by atoms with Gasteiger partial charge in [0.1, 0.15) is 6.04 Å². The van der Waals surface area contributed by atoms with E-state index in [2.05, 4.69) is 20.9 Å². The molecule has 1 saturated heterocycles. The van der Waals surface area contributed by atoms with Gasteiger partial charge in [-0.15, -0.1) is 0 Å². The number of carboxylic acid groups (broad SMARTS) is 1. The first kappa shape index (κ1) is 13.0. The molecule has 0 radical (unpaired) electrons. The van der Waals surface area contributed by atoms with Crippen LogP contribution in [0.5, 0.6) is 0 Å². The molecule has 0 spiro atoms. The molecule has 18 heavy (non-hydrogen) atoms. The molecule has 6 nitrogen and oxygen atoms in total. The highest BCUT2D eigenvalue weighted by Gasteiger charge is 2.39. The van der Waals surface area contributed by atoms with Crippen molar-refractivity contribution in [2.45, 2.75) is 18.6 Å². The summed E-state index contributed by atoms with van der Waals surface area (Å²) in [5, 5.41) is 18.5. The largest absolute Gasteiger partial charge is 0.480 e. The zero-order chi connectivity index (χ0) is 13.3. The van der Waals surface area contributed by atoms with E-state index in [0.29, 0.717) is 10.0 Å². The van der Waals surface area contributed by atoms with Gasteiger partial charge < -0.3 is 15.1 Å². The Morgan fingerprint density at radius 2 is 2.17 bits per heavy atom. The smallest absolute Gasteiger partial charge is 0.326 e. The minimum absolute atomic E-state index is 0.0301. The molecule has 1 aromatic rings. The van der Waals surface area contributed by atoms with Crippen molar-refractivity contribution in [3.05, 3.63) is 28.5 Å². The number of hydrogen-bond acceptors (Lipinski definition) is 4. The van der Waals surface area contributed by atoms with Crippen LogP contribution < -0.4 is 0 Å². The maximum Gasteiger partial charge on any atom is 0.326 e. The number of halogens is 1. The van der Waals surface area contributed by atoms with Crippen molar-refractivity contribution in [1.82, 2.24) is 9.88 Å². The fourth-order valence-corrected chi connectivity index (χ4v) is 2.33. The van der Waals surface area contributed by atoms with Crippen molar-refractivity contribution >= 4 is 27.8 Å². The van der Waals surface area contributed by atoms with Gasteiger partial charge in [0.05, 0.1) is 11.7 Å².